The molecule has 0 unspecified atom stereocenters. The maximum Gasteiger partial charge on any atom is 0.262 e. The highest BCUT2D eigenvalue weighted by molar-refractivity contribution is 5.94. The van der Waals surface area contributed by atoms with Crippen molar-refractivity contribution >= 4 is 22.5 Å². The van der Waals surface area contributed by atoms with Crippen molar-refractivity contribution < 1.29 is 14.3 Å². The second kappa shape index (κ2) is 8.44. The fourth-order valence-electron chi connectivity index (χ4n) is 2.94. The maximum atomic E-state index is 12.5. The van der Waals surface area contributed by atoms with E-state index in [1.807, 2.05) is 79.7 Å². The number of hydrogen-bond donors (Lipinski definition) is 1. The average Bonchev–Trinajstić information content (AvgIpc) is 2.74. The van der Waals surface area contributed by atoms with Crippen LogP contribution in [0.3, 0.4) is 0 Å². The van der Waals surface area contributed by atoms with Gasteiger partial charge in [-0.1, -0.05) is 48.5 Å². The molecule has 0 saturated carbocycles. The van der Waals surface area contributed by atoms with E-state index < -0.39 is 0 Å². The first-order chi connectivity index (χ1) is 14.2. The van der Waals surface area contributed by atoms with Crippen LogP contribution in [-0.4, -0.2) is 17.5 Å². The third-order valence-corrected chi connectivity index (χ3v) is 4.31. The second-order valence-electron chi connectivity index (χ2n) is 6.53. The first-order valence-corrected chi connectivity index (χ1v) is 9.30. The van der Waals surface area contributed by atoms with E-state index in [4.69, 9.17) is 9.47 Å². The van der Waals surface area contributed by atoms with E-state index in [0.29, 0.717) is 22.9 Å². The molecule has 1 amide bonds. The molecule has 0 fully saturated rings. The van der Waals surface area contributed by atoms with Crippen LogP contribution >= 0.6 is 0 Å². The molecule has 0 radical (unpaired) electrons. The highest BCUT2D eigenvalue weighted by atomic mass is 16.5. The molecule has 0 spiro atoms. The lowest BCUT2D eigenvalue weighted by molar-refractivity contribution is -0.118. The van der Waals surface area contributed by atoms with Crippen LogP contribution in [0.25, 0.3) is 10.9 Å². The number of aryl methyl sites for hydroxylation is 1. The van der Waals surface area contributed by atoms with Crippen LogP contribution in [0.2, 0.25) is 0 Å². The molecule has 1 aromatic heterocycles. The van der Waals surface area contributed by atoms with Gasteiger partial charge < -0.3 is 14.8 Å². The zero-order chi connectivity index (χ0) is 20.1. The summed E-state index contributed by atoms with van der Waals surface area (Å²) in [6.45, 7) is 1.79. The number of aromatic nitrogens is 1. The third kappa shape index (κ3) is 4.52. The molecule has 0 atom stereocenters. The summed E-state index contributed by atoms with van der Waals surface area (Å²) in [5.74, 6) is 1.56. The van der Waals surface area contributed by atoms with Gasteiger partial charge in [0.15, 0.2) is 12.4 Å². The maximum absolute atomic E-state index is 12.5. The van der Waals surface area contributed by atoms with Gasteiger partial charge in [-0.25, -0.2) is 4.98 Å². The number of benzene rings is 3. The van der Waals surface area contributed by atoms with E-state index in [1.54, 1.807) is 12.1 Å². The minimum atomic E-state index is -0.279. The molecule has 0 aliphatic rings. The molecule has 5 nitrogen and oxygen atoms in total. The molecule has 0 saturated heterocycles. The van der Waals surface area contributed by atoms with Gasteiger partial charge in [-0.05, 0) is 43.3 Å². The molecule has 5 heteroatoms. The Kier molecular flexibility index (Phi) is 5.38. The number of amides is 1. The van der Waals surface area contributed by atoms with Crippen molar-refractivity contribution in [2.45, 2.75) is 6.92 Å². The van der Waals surface area contributed by atoms with Crippen molar-refractivity contribution in [2.24, 2.45) is 0 Å². The molecule has 29 heavy (non-hydrogen) atoms. The lowest BCUT2D eigenvalue weighted by atomic mass is 10.2. The Morgan fingerprint density at radius 1 is 0.862 bits per heavy atom. The number of ether oxygens (including phenoxy) is 2. The van der Waals surface area contributed by atoms with Gasteiger partial charge in [0.1, 0.15) is 17.0 Å². The molecule has 1 N–H and O–H groups in total. The minimum Gasteiger partial charge on any atom is -0.481 e. The van der Waals surface area contributed by atoms with Gasteiger partial charge >= 0.3 is 0 Å². The Balaban J connectivity index is 1.45. The number of nitrogens with zero attached hydrogens (tertiary/aromatic N) is 1. The van der Waals surface area contributed by atoms with Gasteiger partial charge in [0.25, 0.3) is 5.91 Å². The zero-order valence-corrected chi connectivity index (χ0v) is 16.0. The third-order valence-electron chi connectivity index (χ3n) is 4.31. The van der Waals surface area contributed by atoms with Gasteiger partial charge in [0.05, 0.1) is 5.69 Å². The van der Waals surface area contributed by atoms with Crippen molar-refractivity contribution in [2.75, 3.05) is 11.9 Å². The number of para-hydroxylation sites is 4. The molecular weight excluding hydrogens is 364 g/mol. The number of rotatable bonds is 6. The quantitative estimate of drug-likeness (QED) is 0.487. The van der Waals surface area contributed by atoms with Crippen LogP contribution in [0.5, 0.6) is 17.2 Å². The number of hydrogen-bond acceptors (Lipinski definition) is 4. The summed E-state index contributed by atoms with van der Waals surface area (Å²) in [5.41, 5.74) is 2.22. The Morgan fingerprint density at radius 3 is 2.48 bits per heavy atom. The molecule has 144 valence electrons. The molecule has 0 bridgehead atoms. The Labute approximate surface area is 168 Å². The number of carbonyl (C=O) groups is 1. The topological polar surface area (TPSA) is 60.5 Å². The molecule has 1 heterocycles. The summed E-state index contributed by atoms with van der Waals surface area (Å²) in [6, 6.07) is 26.3. The van der Waals surface area contributed by atoms with Crippen molar-refractivity contribution in [1.29, 1.82) is 0 Å². The van der Waals surface area contributed by atoms with Gasteiger partial charge in [0.2, 0.25) is 0 Å². The predicted molar refractivity (Wildman–Crippen MR) is 114 cm³/mol. The molecular formula is C24H20N2O3. The Hall–Kier alpha value is -3.86. The number of carbonyl (C=O) groups excluding carboxylic acids is 1. The van der Waals surface area contributed by atoms with Gasteiger partial charge in [-0.3, -0.25) is 4.79 Å². The number of pyridine rings is 1. The highest BCUT2D eigenvalue weighted by Crippen LogP contribution is 2.29. The van der Waals surface area contributed by atoms with Crippen LogP contribution in [0, 0.1) is 6.92 Å². The van der Waals surface area contributed by atoms with Gasteiger partial charge in [0, 0.05) is 11.1 Å². The summed E-state index contributed by atoms with van der Waals surface area (Å²) in [5, 5.41) is 3.82. The minimum absolute atomic E-state index is 0.131. The summed E-state index contributed by atoms with van der Waals surface area (Å²) < 4.78 is 11.6. The lowest BCUT2D eigenvalue weighted by Gasteiger charge is -2.13. The molecule has 4 aromatic rings. The van der Waals surface area contributed by atoms with E-state index in [1.165, 1.54) is 0 Å². The van der Waals surface area contributed by atoms with E-state index in [2.05, 4.69) is 10.3 Å². The summed E-state index contributed by atoms with van der Waals surface area (Å²) in [7, 11) is 0. The number of anilines is 1. The van der Waals surface area contributed by atoms with E-state index in [9.17, 15) is 4.79 Å². The zero-order valence-electron chi connectivity index (χ0n) is 16.0. The van der Waals surface area contributed by atoms with Crippen LogP contribution in [0.4, 0.5) is 5.69 Å². The smallest absolute Gasteiger partial charge is 0.262 e. The van der Waals surface area contributed by atoms with E-state index in [0.717, 1.165) is 16.6 Å². The molecule has 0 aliphatic heterocycles. The standard InChI is InChI=1S/C24H20N2O3/c1-17-14-15-18-8-7-13-22(24(18)25-17)28-16-23(27)26-20-11-5-6-12-21(20)29-19-9-3-2-4-10-19/h2-15H,16H2,1H3,(H,26,27). The van der Waals surface area contributed by atoms with Gasteiger partial charge in [-0.15, -0.1) is 0 Å². The number of nitrogens with one attached hydrogen (secondary N) is 1. The van der Waals surface area contributed by atoms with Crippen LogP contribution in [0.15, 0.2) is 84.9 Å². The van der Waals surface area contributed by atoms with Gasteiger partial charge in [-0.2, -0.15) is 0 Å². The largest absolute Gasteiger partial charge is 0.481 e. The average molecular weight is 384 g/mol. The normalized spacial score (nSPS) is 10.5. The van der Waals surface area contributed by atoms with Crippen LogP contribution in [0.1, 0.15) is 5.69 Å². The first-order valence-electron chi connectivity index (χ1n) is 9.30. The fraction of sp³-hybridized carbons (Fsp3) is 0.0833. The molecule has 3 aromatic carbocycles. The van der Waals surface area contributed by atoms with Crippen LogP contribution in [-0.2, 0) is 4.79 Å². The summed E-state index contributed by atoms with van der Waals surface area (Å²) in [6.07, 6.45) is 0. The fourth-order valence-corrected chi connectivity index (χ4v) is 2.94. The van der Waals surface area contributed by atoms with Crippen molar-refractivity contribution in [1.82, 2.24) is 4.98 Å². The van der Waals surface area contributed by atoms with Crippen LogP contribution < -0.4 is 14.8 Å². The lowest BCUT2D eigenvalue weighted by Crippen LogP contribution is -2.20. The van der Waals surface area contributed by atoms with E-state index >= 15 is 0 Å². The Bertz CT molecular complexity index is 1140. The molecule has 0 aliphatic carbocycles. The first kappa shape index (κ1) is 18.5. The highest BCUT2D eigenvalue weighted by Gasteiger charge is 2.11. The Morgan fingerprint density at radius 2 is 1.62 bits per heavy atom. The SMILES string of the molecule is Cc1ccc2cccc(OCC(=O)Nc3ccccc3Oc3ccccc3)c2n1. The summed E-state index contributed by atoms with van der Waals surface area (Å²) in [4.78, 5) is 17.0. The summed E-state index contributed by atoms with van der Waals surface area (Å²) >= 11 is 0. The molecule has 4 rings (SSSR count). The predicted octanol–water partition coefficient (Wildman–Crippen LogP) is 5.35. The van der Waals surface area contributed by atoms with Crippen molar-refractivity contribution in [3.8, 4) is 17.2 Å². The van der Waals surface area contributed by atoms with Crippen molar-refractivity contribution in [3.05, 3.63) is 90.6 Å². The monoisotopic (exact) mass is 384 g/mol. The van der Waals surface area contributed by atoms with Crippen molar-refractivity contribution in [3.63, 3.8) is 0 Å². The van der Waals surface area contributed by atoms with E-state index in [-0.39, 0.29) is 12.5 Å². The second-order valence-corrected chi connectivity index (χ2v) is 6.53. The number of fused-ring (bicyclic) bond motifs is 1.